The van der Waals surface area contributed by atoms with Gasteiger partial charge in [0.2, 0.25) is 0 Å². The lowest BCUT2D eigenvalue weighted by Crippen LogP contribution is -2.16. The topological polar surface area (TPSA) is 25.8 Å². The summed E-state index contributed by atoms with van der Waals surface area (Å²) in [5.41, 5.74) is 17.6. The first-order valence-electron chi connectivity index (χ1n) is 19.0. The summed E-state index contributed by atoms with van der Waals surface area (Å²) in [6.07, 6.45) is 0. The molecule has 10 rings (SSSR count). The molecule has 1 aromatic heterocycles. The second-order valence-electron chi connectivity index (χ2n) is 15.0. The van der Waals surface area contributed by atoms with Crippen molar-refractivity contribution in [2.24, 2.45) is 0 Å². The zero-order valence-electron chi connectivity index (χ0n) is 30.9. The van der Waals surface area contributed by atoms with Gasteiger partial charge in [-0.15, -0.1) is 0 Å². The van der Waals surface area contributed by atoms with Crippen LogP contribution in [-0.2, 0) is 5.41 Å². The van der Waals surface area contributed by atoms with Gasteiger partial charge in [0.25, 0.3) is 0 Å². The first-order valence-corrected chi connectivity index (χ1v) is 19.0. The fourth-order valence-corrected chi connectivity index (χ4v) is 8.63. The largest absolute Gasteiger partial charge is 0.228 e. The van der Waals surface area contributed by atoms with Gasteiger partial charge in [-0.05, 0) is 78.5 Å². The molecule has 0 unspecified atom stereocenters. The summed E-state index contributed by atoms with van der Waals surface area (Å²) in [5.74, 6) is 0.710. The van der Waals surface area contributed by atoms with Crippen molar-refractivity contribution in [1.82, 2.24) is 9.97 Å². The van der Waals surface area contributed by atoms with Gasteiger partial charge in [-0.25, -0.2) is 9.97 Å². The second-order valence-corrected chi connectivity index (χ2v) is 15.0. The molecule has 0 fully saturated rings. The Bertz CT molecular complexity index is 2870. The van der Waals surface area contributed by atoms with Crippen LogP contribution in [0.25, 0.3) is 89.2 Å². The Kier molecular flexibility index (Phi) is 7.85. The van der Waals surface area contributed by atoms with E-state index in [1.54, 1.807) is 0 Å². The van der Waals surface area contributed by atoms with Crippen LogP contribution in [0.5, 0.6) is 0 Å². The summed E-state index contributed by atoms with van der Waals surface area (Å²) in [5, 5.41) is 2.35. The molecule has 9 aromatic rings. The fraction of sp³-hybridized carbons (Fsp3) is 0.0566. The number of hydrogen-bond donors (Lipinski definition) is 0. The number of aromatic nitrogens is 2. The molecule has 0 saturated heterocycles. The first kappa shape index (κ1) is 32.7. The molecule has 1 heterocycles. The predicted octanol–water partition coefficient (Wildman–Crippen LogP) is 13.9. The molecule has 260 valence electrons. The van der Waals surface area contributed by atoms with Crippen LogP contribution in [0.1, 0.15) is 25.0 Å². The Morgan fingerprint density at radius 2 is 0.836 bits per heavy atom. The molecule has 0 radical (unpaired) electrons. The summed E-state index contributed by atoms with van der Waals surface area (Å²) < 4.78 is 0. The van der Waals surface area contributed by atoms with Crippen molar-refractivity contribution >= 4 is 10.8 Å². The number of benzene rings is 8. The number of rotatable bonds is 6. The lowest BCUT2D eigenvalue weighted by atomic mass is 9.78. The highest BCUT2D eigenvalue weighted by atomic mass is 14.9. The van der Waals surface area contributed by atoms with E-state index >= 15 is 0 Å². The lowest BCUT2D eigenvalue weighted by Gasteiger charge is -2.24. The van der Waals surface area contributed by atoms with Crippen molar-refractivity contribution in [2.75, 3.05) is 0 Å². The molecular weight excluding hydrogens is 665 g/mol. The minimum atomic E-state index is -0.0915. The lowest BCUT2D eigenvalue weighted by molar-refractivity contribution is 0.662. The molecule has 0 N–H and O–H groups in total. The van der Waals surface area contributed by atoms with E-state index in [2.05, 4.69) is 184 Å². The van der Waals surface area contributed by atoms with E-state index in [9.17, 15) is 0 Å². The van der Waals surface area contributed by atoms with Crippen molar-refractivity contribution in [3.63, 3.8) is 0 Å². The van der Waals surface area contributed by atoms with Crippen molar-refractivity contribution < 1.29 is 0 Å². The van der Waals surface area contributed by atoms with Crippen molar-refractivity contribution in [3.05, 3.63) is 205 Å². The first-order chi connectivity index (χ1) is 27.0. The van der Waals surface area contributed by atoms with E-state index in [0.29, 0.717) is 5.82 Å². The van der Waals surface area contributed by atoms with Gasteiger partial charge in [-0.2, -0.15) is 0 Å². The van der Waals surface area contributed by atoms with Crippen LogP contribution in [0.2, 0.25) is 0 Å². The smallest absolute Gasteiger partial charge is 0.160 e. The van der Waals surface area contributed by atoms with Gasteiger partial charge in [-0.1, -0.05) is 196 Å². The second kappa shape index (κ2) is 13.2. The maximum absolute atomic E-state index is 5.22. The minimum Gasteiger partial charge on any atom is -0.228 e. The van der Waals surface area contributed by atoms with Gasteiger partial charge in [0, 0.05) is 22.1 Å². The van der Waals surface area contributed by atoms with Crippen molar-refractivity contribution in [2.45, 2.75) is 19.3 Å². The quantitative estimate of drug-likeness (QED) is 0.172. The zero-order chi connectivity index (χ0) is 36.9. The SMILES string of the molecule is CC1(C)c2ccccc2-c2cccc(-c3cccc(-c4ccc(-c5cc(-c6ccc(-c7ccccc7)cc6)nc(-c6ccccc6)n5)c5ccccc45)c3)c21. The van der Waals surface area contributed by atoms with Crippen molar-refractivity contribution in [1.29, 1.82) is 0 Å². The molecule has 2 nitrogen and oxygen atoms in total. The summed E-state index contributed by atoms with van der Waals surface area (Å²) in [6.45, 7) is 4.72. The van der Waals surface area contributed by atoms with Gasteiger partial charge in [0.1, 0.15) is 0 Å². The van der Waals surface area contributed by atoms with Gasteiger partial charge >= 0.3 is 0 Å². The van der Waals surface area contributed by atoms with Gasteiger partial charge in [0.05, 0.1) is 11.4 Å². The average molecular weight is 703 g/mol. The molecule has 0 atom stereocenters. The molecule has 0 aliphatic heterocycles. The standard InChI is InChI=1S/C53H38N2/c1-53(2)48-26-12-11-23-45(48)47-25-14-24-42(51(47)53)40-20-13-19-39(33-40)41-31-32-46(44-22-10-9-21-43(41)44)50-34-49(54-52(55-50)38-17-7-4-8-18-38)37-29-27-36(28-30-37)35-15-5-3-6-16-35/h3-34H,1-2H3. The summed E-state index contributed by atoms with van der Waals surface area (Å²) in [6, 6.07) is 69.5. The van der Waals surface area contributed by atoms with Crippen LogP contribution in [0.4, 0.5) is 0 Å². The van der Waals surface area contributed by atoms with E-state index in [4.69, 9.17) is 9.97 Å². The maximum Gasteiger partial charge on any atom is 0.160 e. The monoisotopic (exact) mass is 702 g/mol. The molecule has 0 saturated carbocycles. The van der Waals surface area contributed by atoms with Crippen LogP contribution in [-0.4, -0.2) is 9.97 Å². The molecule has 55 heavy (non-hydrogen) atoms. The molecule has 1 aliphatic carbocycles. The third-order valence-corrected chi connectivity index (χ3v) is 11.3. The van der Waals surface area contributed by atoms with Crippen LogP contribution in [0.15, 0.2) is 194 Å². The van der Waals surface area contributed by atoms with E-state index < -0.39 is 0 Å². The molecule has 2 heteroatoms. The predicted molar refractivity (Wildman–Crippen MR) is 230 cm³/mol. The number of fused-ring (bicyclic) bond motifs is 4. The Morgan fingerprint density at radius 1 is 0.327 bits per heavy atom. The molecule has 1 aliphatic rings. The highest BCUT2D eigenvalue weighted by molar-refractivity contribution is 6.05. The Morgan fingerprint density at radius 3 is 1.60 bits per heavy atom. The molecular formula is C53H38N2. The molecule has 0 bridgehead atoms. The summed E-state index contributed by atoms with van der Waals surface area (Å²) in [7, 11) is 0. The normalized spacial score (nSPS) is 12.7. The van der Waals surface area contributed by atoms with E-state index in [1.807, 2.05) is 24.3 Å². The van der Waals surface area contributed by atoms with Crippen molar-refractivity contribution in [3.8, 4) is 78.4 Å². The third kappa shape index (κ3) is 5.66. The van der Waals surface area contributed by atoms with E-state index in [-0.39, 0.29) is 5.41 Å². The number of hydrogen-bond acceptors (Lipinski definition) is 2. The fourth-order valence-electron chi connectivity index (χ4n) is 8.63. The third-order valence-electron chi connectivity index (χ3n) is 11.3. The van der Waals surface area contributed by atoms with Gasteiger partial charge < -0.3 is 0 Å². The Labute approximate surface area is 322 Å². The summed E-state index contributed by atoms with van der Waals surface area (Å²) >= 11 is 0. The van der Waals surface area contributed by atoms with Crippen LogP contribution < -0.4 is 0 Å². The molecule has 8 aromatic carbocycles. The summed E-state index contributed by atoms with van der Waals surface area (Å²) in [4.78, 5) is 10.3. The minimum absolute atomic E-state index is 0.0915. The van der Waals surface area contributed by atoms with E-state index in [0.717, 1.165) is 33.5 Å². The zero-order valence-corrected chi connectivity index (χ0v) is 30.9. The Hall–Kier alpha value is -6.90. The maximum atomic E-state index is 5.22. The van der Waals surface area contributed by atoms with E-state index in [1.165, 1.54) is 61.0 Å². The van der Waals surface area contributed by atoms with Crippen LogP contribution in [0, 0.1) is 0 Å². The average Bonchev–Trinajstić information content (AvgIpc) is 3.50. The number of nitrogens with zero attached hydrogens (tertiary/aromatic N) is 2. The molecule has 0 spiro atoms. The Balaban J connectivity index is 1.09. The van der Waals surface area contributed by atoms with Gasteiger partial charge in [-0.3, -0.25) is 0 Å². The molecule has 0 amide bonds. The highest BCUT2D eigenvalue weighted by Crippen LogP contribution is 2.52. The highest BCUT2D eigenvalue weighted by Gasteiger charge is 2.37. The van der Waals surface area contributed by atoms with Crippen LogP contribution >= 0.6 is 0 Å². The van der Waals surface area contributed by atoms with Crippen LogP contribution in [0.3, 0.4) is 0 Å². The van der Waals surface area contributed by atoms with Gasteiger partial charge in [0.15, 0.2) is 5.82 Å².